The zero-order valence-corrected chi connectivity index (χ0v) is 17.5. The number of esters is 1. The lowest BCUT2D eigenvalue weighted by Gasteiger charge is -2.40. The first-order valence-corrected chi connectivity index (χ1v) is 10.6. The van der Waals surface area contributed by atoms with Gasteiger partial charge in [0.15, 0.2) is 0 Å². The Balaban J connectivity index is 1.86. The van der Waals surface area contributed by atoms with E-state index in [1.807, 2.05) is 0 Å². The summed E-state index contributed by atoms with van der Waals surface area (Å²) < 4.78 is 53.7. The summed E-state index contributed by atoms with van der Waals surface area (Å²) in [5.74, 6) is -2.29. The SMILES string of the molecule is CCOc1c2ccccc2nc2c3n(c(C(=O)C(F)(F)F)c12)C[C@@H]1[C@@H](CC(=O)O[C@H]1C)C3. The van der Waals surface area contributed by atoms with Gasteiger partial charge in [0, 0.05) is 30.0 Å². The van der Waals surface area contributed by atoms with Gasteiger partial charge in [0.1, 0.15) is 17.5 Å². The molecule has 1 fully saturated rings. The predicted octanol–water partition coefficient (Wildman–Crippen LogP) is 4.46. The van der Waals surface area contributed by atoms with Gasteiger partial charge in [-0.05, 0) is 38.3 Å². The quantitative estimate of drug-likeness (QED) is 0.439. The van der Waals surface area contributed by atoms with Gasteiger partial charge in [-0.15, -0.1) is 0 Å². The van der Waals surface area contributed by atoms with E-state index in [-0.39, 0.29) is 48.5 Å². The lowest BCUT2D eigenvalue weighted by molar-refractivity contribution is -0.163. The standard InChI is InChI=1S/C23H21F3N2O4/c1-3-31-21-13-6-4-5-7-15(13)27-19-16-8-12-9-17(29)32-11(2)14(12)10-28(16)20(18(19)21)22(30)23(24,25)26/h4-7,11-12,14H,3,8-10H2,1-2H3/t11-,12+,14-/m0/s1. The van der Waals surface area contributed by atoms with Crippen molar-refractivity contribution in [1.29, 1.82) is 0 Å². The lowest BCUT2D eigenvalue weighted by atomic mass is 9.78. The molecule has 0 spiro atoms. The molecule has 5 rings (SSSR count). The van der Waals surface area contributed by atoms with Gasteiger partial charge >= 0.3 is 12.1 Å². The van der Waals surface area contributed by atoms with Crippen molar-refractivity contribution in [2.75, 3.05) is 6.61 Å². The largest absolute Gasteiger partial charge is 0.492 e. The zero-order chi connectivity index (χ0) is 22.8. The van der Waals surface area contributed by atoms with Gasteiger partial charge in [0.25, 0.3) is 5.78 Å². The third kappa shape index (κ3) is 3.05. The van der Waals surface area contributed by atoms with E-state index < -0.39 is 23.8 Å². The van der Waals surface area contributed by atoms with E-state index in [9.17, 15) is 22.8 Å². The Labute approximate surface area is 181 Å². The number of hydrogen-bond acceptors (Lipinski definition) is 5. The number of carbonyl (C=O) groups excluding carboxylic acids is 2. The summed E-state index contributed by atoms with van der Waals surface area (Å²) in [6.07, 6.45) is -4.98. The molecule has 0 aliphatic carbocycles. The fourth-order valence-corrected chi connectivity index (χ4v) is 5.15. The van der Waals surface area contributed by atoms with Crippen molar-refractivity contribution < 1.29 is 32.2 Å². The summed E-state index contributed by atoms with van der Waals surface area (Å²) in [5, 5.41) is 0.631. The summed E-state index contributed by atoms with van der Waals surface area (Å²) >= 11 is 0. The van der Waals surface area contributed by atoms with Crippen LogP contribution in [0.2, 0.25) is 0 Å². The molecule has 0 unspecified atom stereocenters. The highest BCUT2D eigenvalue weighted by molar-refractivity contribution is 6.15. The van der Waals surface area contributed by atoms with Crippen molar-refractivity contribution in [3.05, 3.63) is 35.7 Å². The number of hydrogen-bond donors (Lipinski definition) is 0. The Morgan fingerprint density at radius 3 is 2.75 bits per heavy atom. The molecule has 2 aromatic heterocycles. The fourth-order valence-electron chi connectivity index (χ4n) is 5.15. The van der Waals surface area contributed by atoms with E-state index in [4.69, 9.17) is 9.47 Å². The number of rotatable bonds is 3. The van der Waals surface area contributed by atoms with E-state index >= 15 is 0 Å². The number of benzene rings is 1. The smallest absolute Gasteiger partial charge is 0.456 e. The first-order chi connectivity index (χ1) is 15.2. The second-order valence-corrected chi connectivity index (χ2v) is 8.37. The molecule has 0 bridgehead atoms. The van der Waals surface area contributed by atoms with Gasteiger partial charge in [-0.3, -0.25) is 9.59 Å². The summed E-state index contributed by atoms with van der Waals surface area (Å²) in [6.45, 7) is 3.84. The van der Waals surface area contributed by atoms with E-state index in [1.54, 1.807) is 38.1 Å². The minimum atomic E-state index is -5.06. The highest BCUT2D eigenvalue weighted by Gasteiger charge is 2.47. The molecule has 3 aromatic rings. The lowest BCUT2D eigenvalue weighted by Crippen LogP contribution is -2.44. The minimum Gasteiger partial charge on any atom is -0.492 e. The van der Waals surface area contributed by atoms with Gasteiger partial charge in [-0.25, -0.2) is 4.98 Å². The molecule has 168 valence electrons. The molecule has 0 N–H and O–H groups in total. The van der Waals surface area contributed by atoms with Crippen molar-refractivity contribution in [3.63, 3.8) is 0 Å². The topological polar surface area (TPSA) is 70.4 Å². The van der Waals surface area contributed by atoms with Crippen molar-refractivity contribution in [1.82, 2.24) is 9.55 Å². The third-order valence-electron chi connectivity index (χ3n) is 6.52. The van der Waals surface area contributed by atoms with Crippen molar-refractivity contribution in [2.24, 2.45) is 11.8 Å². The van der Waals surface area contributed by atoms with E-state index in [1.165, 1.54) is 4.57 Å². The Hall–Kier alpha value is -3.10. The predicted molar refractivity (Wildman–Crippen MR) is 110 cm³/mol. The molecular weight excluding hydrogens is 425 g/mol. The van der Waals surface area contributed by atoms with E-state index in [2.05, 4.69) is 4.98 Å². The third-order valence-corrected chi connectivity index (χ3v) is 6.52. The van der Waals surface area contributed by atoms with Crippen LogP contribution in [0.25, 0.3) is 21.8 Å². The van der Waals surface area contributed by atoms with Crippen LogP contribution in [0.5, 0.6) is 5.75 Å². The number of pyridine rings is 1. The first kappa shape index (κ1) is 20.8. The van der Waals surface area contributed by atoms with Crippen LogP contribution in [0.4, 0.5) is 13.2 Å². The number of para-hydroxylation sites is 1. The molecule has 0 amide bonds. The maximum Gasteiger partial charge on any atom is 0.456 e. The average Bonchev–Trinajstić information content (AvgIpc) is 3.04. The number of halogens is 3. The number of alkyl halides is 3. The first-order valence-electron chi connectivity index (χ1n) is 10.6. The molecule has 3 atom stereocenters. The van der Waals surface area contributed by atoms with Crippen LogP contribution in [-0.2, 0) is 22.5 Å². The number of Topliss-reactive ketones (excluding diaryl/α,β-unsaturated/α-hetero) is 1. The number of fused-ring (bicyclic) bond motifs is 5. The average molecular weight is 446 g/mol. The fraction of sp³-hybridized carbons (Fsp3) is 0.435. The number of cyclic esters (lactones) is 1. The molecule has 4 heterocycles. The second kappa shape index (κ2) is 7.21. The number of aromatic nitrogens is 2. The van der Waals surface area contributed by atoms with Gasteiger partial charge in [-0.1, -0.05) is 12.1 Å². The van der Waals surface area contributed by atoms with Crippen LogP contribution in [0.3, 0.4) is 0 Å². The van der Waals surface area contributed by atoms with Crippen LogP contribution in [0.15, 0.2) is 24.3 Å². The Kier molecular flexibility index (Phi) is 4.69. The molecular formula is C23H21F3N2O4. The molecule has 6 nitrogen and oxygen atoms in total. The molecule has 0 saturated carbocycles. The van der Waals surface area contributed by atoms with Crippen LogP contribution in [0.1, 0.15) is 36.5 Å². The van der Waals surface area contributed by atoms with Gasteiger partial charge in [0.05, 0.1) is 23.0 Å². The number of ketones is 1. The Bertz CT molecular complexity index is 1260. The molecule has 1 saturated heterocycles. The monoisotopic (exact) mass is 446 g/mol. The number of ether oxygens (including phenoxy) is 2. The minimum absolute atomic E-state index is 0.0846. The number of carbonyl (C=O) groups is 2. The van der Waals surface area contributed by atoms with Crippen LogP contribution in [0, 0.1) is 11.8 Å². The maximum absolute atomic E-state index is 13.7. The van der Waals surface area contributed by atoms with Crippen molar-refractivity contribution >= 4 is 33.6 Å². The summed E-state index contributed by atoms with van der Waals surface area (Å²) in [4.78, 5) is 29.3. The van der Waals surface area contributed by atoms with Crippen LogP contribution in [-0.4, -0.2) is 40.2 Å². The Morgan fingerprint density at radius 2 is 2.03 bits per heavy atom. The van der Waals surface area contributed by atoms with Gasteiger partial charge < -0.3 is 14.0 Å². The summed E-state index contributed by atoms with van der Waals surface area (Å²) in [6, 6.07) is 7.02. The molecule has 9 heteroatoms. The normalized spacial score (nSPS) is 23.0. The van der Waals surface area contributed by atoms with Gasteiger partial charge in [0.2, 0.25) is 0 Å². The molecule has 2 aliphatic rings. The van der Waals surface area contributed by atoms with E-state index in [0.717, 1.165) is 0 Å². The Morgan fingerprint density at radius 1 is 1.28 bits per heavy atom. The van der Waals surface area contributed by atoms with Crippen LogP contribution < -0.4 is 4.74 Å². The van der Waals surface area contributed by atoms with Gasteiger partial charge in [-0.2, -0.15) is 13.2 Å². The van der Waals surface area contributed by atoms with Crippen LogP contribution >= 0.6 is 0 Å². The maximum atomic E-state index is 13.7. The molecule has 1 aromatic carbocycles. The van der Waals surface area contributed by atoms with Crippen molar-refractivity contribution in [3.8, 4) is 5.75 Å². The number of nitrogens with zero attached hydrogens (tertiary/aromatic N) is 2. The highest BCUT2D eigenvalue weighted by atomic mass is 19.4. The highest BCUT2D eigenvalue weighted by Crippen LogP contribution is 2.45. The van der Waals surface area contributed by atoms with Crippen molar-refractivity contribution in [2.45, 2.75) is 45.5 Å². The molecule has 32 heavy (non-hydrogen) atoms. The molecule has 0 radical (unpaired) electrons. The summed E-state index contributed by atoms with van der Waals surface area (Å²) in [5.41, 5.74) is 0.973. The van der Waals surface area contributed by atoms with E-state index in [0.29, 0.717) is 28.5 Å². The summed E-state index contributed by atoms with van der Waals surface area (Å²) in [7, 11) is 0. The zero-order valence-electron chi connectivity index (χ0n) is 17.5. The second-order valence-electron chi connectivity index (χ2n) is 8.37. The molecule has 2 aliphatic heterocycles.